The second-order valence-corrected chi connectivity index (χ2v) is 4.88. The summed E-state index contributed by atoms with van der Waals surface area (Å²) in [5.74, 6) is 0.324. The Kier molecular flexibility index (Phi) is 5.26. The van der Waals surface area contributed by atoms with Gasteiger partial charge < -0.3 is 10.2 Å². The Morgan fingerprint density at radius 3 is 2.50 bits per heavy atom. The van der Waals surface area contributed by atoms with Gasteiger partial charge in [0.25, 0.3) is 0 Å². The lowest BCUT2D eigenvalue weighted by Crippen LogP contribution is -2.33. The monoisotopic (exact) mass is 226 g/mol. The lowest BCUT2D eigenvalue weighted by atomic mass is 9.82. The van der Waals surface area contributed by atoms with E-state index in [4.69, 9.17) is 0 Å². The average molecular weight is 226 g/mol. The van der Waals surface area contributed by atoms with Crippen LogP contribution in [-0.2, 0) is 4.79 Å². The highest BCUT2D eigenvalue weighted by atomic mass is 16.2. The molecular formula is C13H26N2O. The van der Waals surface area contributed by atoms with Crippen LogP contribution in [0.5, 0.6) is 0 Å². The summed E-state index contributed by atoms with van der Waals surface area (Å²) in [6, 6.07) is 0. The number of carbonyl (C=O) groups is 1. The first-order valence-corrected chi connectivity index (χ1v) is 6.66. The molecular weight excluding hydrogens is 200 g/mol. The molecule has 0 spiro atoms. The van der Waals surface area contributed by atoms with E-state index < -0.39 is 0 Å². The molecule has 0 aromatic heterocycles. The second-order valence-electron chi connectivity index (χ2n) is 4.88. The van der Waals surface area contributed by atoms with Crippen molar-refractivity contribution in [3.05, 3.63) is 0 Å². The summed E-state index contributed by atoms with van der Waals surface area (Å²) in [7, 11) is 0. The number of likely N-dealkylation sites (tertiary alicyclic amines) is 1. The van der Waals surface area contributed by atoms with E-state index in [9.17, 15) is 4.79 Å². The number of hydrogen-bond acceptors (Lipinski definition) is 2. The van der Waals surface area contributed by atoms with Crippen molar-refractivity contribution >= 4 is 5.91 Å². The SMILES string of the molecule is CCNCCC(=O)N1CCC(CC)(CC)C1. The number of hydrogen-bond donors (Lipinski definition) is 1. The van der Waals surface area contributed by atoms with Crippen LogP contribution in [0.2, 0.25) is 0 Å². The fourth-order valence-electron chi connectivity index (χ4n) is 2.51. The van der Waals surface area contributed by atoms with Gasteiger partial charge in [-0.2, -0.15) is 0 Å². The van der Waals surface area contributed by atoms with Gasteiger partial charge in [-0.25, -0.2) is 0 Å². The smallest absolute Gasteiger partial charge is 0.223 e. The van der Waals surface area contributed by atoms with E-state index in [-0.39, 0.29) is 0 Å². The summed E-state index contributed by atoms with van der Waals surface area (Å²) >= 11 is 0. The highest BCUT2D eigenvalue weighted by molar-refractivity contribution is 5.76. The predicted molar refractivity (Wildman–Crippen MR) is 67.4 cm³/mol. The molecule has 1 amide bonds. The lowest BCUT2D eigenvalue weighted by molar-refractivity contribution is -0.130. The van der Waals surface area contributed by atoms with E-state index in [1.165, 1.54) is 19.3 Å². The molecule has 3 nitrogen and oxygen atoms in total. The minimum Gasteiger partial charge on any atom is -0.342 e. The minimum atomic E-state index is 0.324. The highest BCUT2D eigenvalue weighted by Crippen LogP contribution is 2.36. The maximum atomic E-state index is 11.9. The van der Waals surface area contributed by atoms with Gasteiger partial charge in [0.15, 0.2) is 0 Å². The van der Waals surface area contributed by atoms with Crippen molar-refractivity contribution in [2.24, 2.45) is 5.41 Å². The van der Waals surface area contributed by atoms with E-state index in [2.05, 4.69) is 31.0 Å². The van der Waals surface area contributed by atoms with Crippen molar-refractivity contribution in [3.63, 3.8) is 0 Å². The lowest BCUT2D eigenvalue weighted by Gasteiger charge is -2.26. The molecule has 1 heterocycles. The third-order valence-electron chi connectivity index (χ3n) is 4.06. The summed E-state index contributed by atoms with van der Waals surface area (Å²) in [4.78, 5) is 14.0. The number of nitrogens with one attached hydrogen (secondary N) is 1. The molecule has 1 fully saturated rings. The standard InChI is InChI=1S/C13H26N2O/c1-4-13(5-2)8-10-15(11-13)12(16)7-9-14-6-3/h14H,4-11H2,1-3H3. The fourth-order valence-corrected chi connectivity index (χ4v) is 2.51. The molecule has 1 rings (SSSR count). The Labute approximate surface area is 99.6 Å². The van der Waals surface area contributed by atoms with Gasteiger partial charge in [0, 0.05) is 26.1 Å². The Bertz CT molecular complexity index is 224. The van der Waals surface area contributed by atoms with E-state index in [0.29, 0.717) is 17.7 Å². The topological polar surface area (TPSA) is 32.3 Å². The summed E-state index contributed by atoms with van der Waals surface area (Å²) in [6.45, 7) is 10.3. The molecule has 0 atom stereocenters. The molecule has 0 saturated carbocycles. The fraction of sp³-hybridized carbons (Fsp3) is 0.923. The number of nitrogens with zero attached hydrogens (tertiary/aromatic N) is 1. The minimum absolute atomic E-state index is 0.324. The van der Waals surface area contributed by atoms with E-state index in [1.807, 2.05) is 0 Å². The molecule has 0 radical (unpaired) electrons. The zero-order valence-electron chi connectivity index (χ0n) is 11.0. The molecule has 94 valence electrons. The first-order chi connectivity index (χ1) is 7.67. The Hall–Kier alpha value is -0.570. The Balaban J connectivity index is 2.37. The van der Waals surface area contributed by atoms with Crippen LogP contribution in [0.3, 0.4) is 0 Å². The van der Waals surface area contributed by atoms with Gasteiger partial charge in [0.1, 0.15) is 0 Å². The molecule has 3 heteroatoms. The maximum absolute atomic E-state index is 11.9. The van der Waals surface area contributed by atoms with Crippen LogP contribution in [0.25, 0.3) is 0 Å². The second kappa shape index (κ2) is 6.24. The third-order valence-corrected chi connectivity index (χ3v) is 4.06. The van der Waals surface area contributed by atoms with E-state index in [0.717, 1.165) is 26.2 Å². The normalized spacial score (nSPS) is 19.1. The molecule has 0 aromatic rings. The highest BCUT2D eigenvalue weighted by Gasteiger charge is 2.36. The Morgan fingerprint density at radius 1 is 1.31 bits per heavy atom. The molecule has 1 saturated heterocycles. The van der Waals surface area contributed by atoms with Crippen LogP contribution in [0.1, 0.15) is 46.5 Å². The van der Waals surface area contributed by atoms with Crippen molar-refractivity contribution in [3.8, 4) is 0 Å². The molecule has 0 aromatic carbocycles. The molecule has 0 aliphatic carbocycles. The third kappa shape index (κ3) is 3.21. The number of carbonyl (C=O) groups excluding carboxylic acids is 1. The van der Waals surface area contributed by atoms with Crippen LogP contribution in [0.4, 0.5) is 0 Å². The zero-order chi connectivity index (χ0) is 12.0. The quantitative estimate of drug-likeness (QED) is 0.703. The Morgan fingerprint density at radius 2 is 2.00 bits per heavy atom. The zero-order valence-corrected chi connectivity index (χ0v) is 11.0. The molecule has 16 heavy (non-hydrogen) atoms. The summed E-state index contributed by atoms with van der Waals surface area (Å²) in [5.41, 5.74) is 0.411. The largest absolute Gasteiger partial charge is 0.342 e. The molecule has 0 bridgehead atoms. The summed E-state index contributed by atoms with van der Waals surface area (Å²) in [6.07, 6.45) is 4.23. The summed E-state index contributed by atoms with van der Waals surface area (Å²) in [5, 5.41) is 3.20. The van der Waals surface area contributed by atoms with Gasteiger partial charge in [-0.3, -0.25) is 4.79 Å². The van der Waals surface area contributed by atoms with Crippen LogP contribution < -0.4 is 5.32 Å². The molecule has 1 aliphatic rings. The van der Waals surface area contributed by atoms with Crippen molar-refractivity contribution in [1.29, 1.82) is 0 Å². The van der Waals surface area contributed by atoms with Crippen LogP contribution in [-0.4, -0.2) is 37.0 Å². The van der Waals surface area contributed by atoms with Crippen molar-refractivity contribution in [2.45, 2.75) is 46.5 Å². The molecule has 1 N–H and O–H groups in total. The van der Waals surface area contributed by atoms with Crippen LogP contribution in [0.15, 0.2) is 0 Å². The van der Waals surface area contributed by atoms with Gasteiger partial charge >= 0.3 is 0 Å². The summed E-state index contributed by atoms with van der Waals surface area (Å²) < 4.78 is 0. The first-order valence-electron chi connectivity index (χ1n) is 6.66. The average Bonchev–Trinajstić information content (AvgIpc) is 2.74. The number of amides is 1. The van der Waals surface area contributed by atoms with Gasteiger partial charge in [0.2, 0.25) is 5.91 Å². The van der Waals surface area contributed by atoms with Crippen molar-refractivity contribution in [1.82, 2.24) is 10.2 Å². The molecule has 0 unspecified atom stereocenters. The van der Waals surface area contributed by atoms with Gasteiger partial charge in [-0.1, -0.05) is 20.8 Å². The first kappa shape index (κ1) is 13.5. The van der Waals surface area contributed by atoms with Crippen molar-refractivity contribution < 1.29 is 4.79 Å². The van der Waals surface area contributed by atoms with Gasteiger partial charge in [0.05, 0.1) is 0 Å². The van der Waals surface area contributed by atoms with Crippen LogP contribution >= 0.6 is 0 Å². The van der Waals surface area contributed by atoms with Gasteiger partial charge in [-0.15, -0.1) is 0 Å². The van der Waals surface area contributed by atoms with Gasteiger partial charge in [-0.05, 0) is 31.2 Å². The molecule has 1 aliphatic heterocycles. The van der Waals surface area contributed by atoms with E-state index in [1.54, 1.807) is 0 Å². The number of rotatable bonds is 6. The maximum Gasteiger partial charge on any atom is 0.223 e. The van der Waals surface area contributed by atoms with Crippen molar-refractivity contribution in [2.75, 3.05) is 26.2 Å². The van der Waals surface area contributed by atoms with E-state index >= 15 is 0 Å². The predicted octanol–water partition coefficient (Wildman–Crippen LogP) is 2.02. The van der Waals surface area contributed by atoms with Crippen LogP contribution in [0, 0.1) is 5.41 Å².